The van der Waals surface area contributed by atoms with Crippen molar-refractivity contribution in [2.75, 3.05) is 14.1 Å². The summed E-state index contributed by atoms with van der Waals surface area (Å²) < 4.78 is 27.8. The largest absolute Gasteiger partial charge is 0.389 e. The highest BCUT2D eigenvalue weighted by Gasteiger charge is 2.44. The zero-order valence-electron chi connectivity index (χ0n) is 15.9. The molecule has 1 N–H and O–H groups in total. The number of nitrogens with zero attached hydrogens (tertiary/aromatic N) is 1. The third kappa shape index (κ3) is 4.87. The van der Waals surface area contributed by atoms with Crippen LogP contribution in [0, 0.1) is 17.6 Å². The second kappa shape index (κ2) is 9.13. The van der Waals surface area contributed by atoms with Crippen LogP contribution in [0.15, 0.2) is 48.5 Å². The molecule has 0 saturated heterocycles. The van der Waals surface area contributed by atoms with Crippen LogP contribution in [0.25, 0.3) is 0 Å². The maximum absolute atomic E-state index is 14.2. The lowest BCUT2D eigenvalue weighted by Crippen LogP contribution is -2.48. The number of hydrogen-bond donors (Lipinski definition) is 1. The fourth-order valence-corrected chi connectivity index (χ4v) is 4.47. The normalized spacial score (nSPS) is 23.7. The minimum atomic E-state index is -1.06. The van der Waals surface area contributed by atoms with E-state index in [1.54, 1.807) is 0 Å². The molecule has 0 aliphatic heterocycles. The van der Waals surface area contributed by atoms with Gasteiger partial charge in [-0.3, -0.25) is 0 Å². The Morgan fingerprint density at radius 2 is 1.81 bits per heavy atom. The Morgan fingerprint density at radius 3 is 2.48 bits per heavy atom. The molecule has 2 aromatic carbocycles. The van der Waals surface area contributed by atoms with Gasteiger partial charge in [0.05, 0.1) is 5.60 Å². The van der Waals surface area contributed by atoms with Gasteiger partial charge in [-0.2, -0.15) is 0 Å². The van der Waals surface area contributed by atoms with Crippen molar-refractivity contribution >= 4 is 12.4 Å². The number of aliphatic hydroxyl groups is 1. The van der Waals surface area contributed by atoms with Crippen molar-refractivity contribution < 1.29 is 13.9 Å². The van der Waals surface area contributed by atoms with Crippen LogP contribution in [0.4, 0.5) is 8.78 Å². The fraction of sp³-hybridized carbons (Fsp3) is 0.455. The number of hydrogen-bond acceptors (Lipinski definition) is 2. The summed E-state index contributed by atoms with van der Waals surface area (Å²) >= 11 is 0. The molecule has 0 radical (unpaired) electrons. The van der Waals surface area contributed by atoms with E-state index in [-0.39, 0.29) is 36.4 Å². The van der Waals surface area contributed by atoms with Crippen molar-refractivity contribution in [3.05, 3.63) is 71.3 Å². The maximum Gasteiger partial charge on any atom is 0.126 e. The van der Waals surface area contributed by atoms with Gasteiger partial charge in [0.25, 0.3) is 0 Å². The van der Waals surface area contributed by atoms with Crippen LogP contribution in [0.5, 0.6) is 0 Å². The molecule has 3 unspecified atom stereocenters. The van der Waals surface area contributed by atoms with Gasteiger partial charge in [-0.05, 0) is 56.3 Å². The Labute approximate surface area is 166 Å². The van der Waals surface area contributed by atoms with Crippen LogP contribution in [-0.4, -0.2) is 29.7 Å². The molecule has 1 fully saturated rings. The van der Waals surface area contributed by atoms with E-state index in [1.807, 2.05) is 32.3 Å². The van der Waals surface area contributed by atoms with Crippen LogP contribution < -0.4 is 0 Å². The molecule has 148 valence electrons. The first-order chi connectivity index (χ1) is 12.4. The molecule has 1 aliphatic rings. The molecule has 0 amide bonds. The lowest BCUT2D eigenvalue weighted by molar-refractivity contribution is -0.0775. The zero-order valence-corrected chi connectivity index (χ0v) is 16.7. The summed E-state index contributed by atoms with van der Waals surface area (Å²) in [5.74, 6) is -0.967. The summed E-state index contributed by atoms with van der Waals surface area (Å²) in [5, 5.41) is 11.6. The van der Waals surface area contributed by atoms with E-state index in [2.05, 4.69) is 17.0 Å². The van der Waals surface area contributed by atoms with Crippen molar-refractivity contribution in [1.29, 1.82) is 0 Å². The average molecular weight is 396 g/mol. The van der Waals surface area contributed by atoms with Gasteiger partial charge in [0.15, 0.2) is 0 Å². The van der Waals surface area contributed by atoms with E-state index in [0.717, 1.165) is 37.0 Å². The third-order valence-electron chi connectivity index (χ3n) is 5.65. The molecule has 0 bridgehead atoms. The summed E-state index contributed by atoms with van der Waals surface area (Å²) in [6, 6.07) is 13.6. The van der Waals surface area contributed by atoms with E-state index in [4.69, 9.17) is 0 Å². The minimum absolute atomic E-state index is 0. The molecule has 1 saturated carbocycles. The number of halogens is 3. The zero-order chi connectivity index (χ0) is 18.7. The van der Waals surface area contributed by atoms with E-state index in [0.29, 0.717) is 6.42 Å². The van der Waals surface area contributed by atoms with Gasteiger partial charge in [-0.1, -0.05) is 43.2 Å². The summed E-state index contributed by atoms with van der Waals surface area (Å²) in [6.07, 6.45) is 3.54. The smallest absolute Gasteiger partial charge is 0.126 e. The number of benzene rings is 2. The Bertz CT molecular complexity index is 740. The first-order valence-electron chi connectivity index (χ1n) is 9.28. The maximum atomic E-state index is 14.2. The van der Waals surface area contributed by atoms with Crippen LogP contribution in [0.2, 0.25) is 0 Å². The van der Waals surface area contributed by atoms with E-state index in [1.165, 1.54) is 6.07 Å². The van der Waals surface area contributed by atoms with Crippen LogP contribution >= 0.6 is 12.4 Å². The molecule has 0 aromatic heterocycles. The second-order valence-electron chi connectivity index (χ2n) is 7.69. The quantitative estimate of drug-likeness (QED) is 0.756. The molecule has 0 heterocycles. The van der Waals surface area contributed by atoms with Gasteiger partial charge >= 0.3 is 0 Å². The first-order valence-corrected chi connectivity index (χ1v) is 9.28. The van der Waals surface area contributed by atoms with Crippen molar-refractivity contribution in [1.82, 2.24) is 4.90 Å². The molecule has 27 heavy (non-hydrogen) atoms. The molecular formula is C22H28ClF2NO. The SMILES string of the molecule is CN(C)C(c1ccccc1)C1CCCCC1(O)Cc1cc(F)ccc1F.Cl. The van der Waals surface area contributed by atoms with Gasteiger partial charge < -0.3 is 10.0 Å². The summed E-state index contributed by atoms with van der Waals surface area (Å²) in [7, 11) is 4.02. The molecular weight excluding hydrogens is 368 g/mol. The van der Waals surface area contributed by atoms with E-state index < -0.39 is 17.2 Å². The predicted molar refractivity (Wildman–Crippen MR) is 107 cm³/mol. The standard InChI is InChI=1S/C22H27F2NO.ClH/c1-25(2)21(16-8-4-3-5-9-16)19-10-6-7-13-22(19,26)15-17-14-18(23)11-12-20(17)24;/h3-5,8-9,11-12,14,19,21,26H,6-7,10,13,15H2,1-2H3;1H. The first kappa shape index (κ1) is 21.8. The average Bonchev–Trinajstić information content (AvgIpc) is 2.61. The molecule has 5 heteroatoms. The summed E-state index contributed by atoms with van der Waals surface area (Å²) in [6.45, 7) is 0. The monoisotopic (exact) mass is 395 g/mol. The molecule has 3 atom stereocenters. The van der Waals surface area contributed by atoms with Gasteiger partial charge in [-0.15, -0.1) is 12.4 Å². The molecule has 1 aliphatic carbocycles. The summed E-state index contributed by atoms with van der Waals surface area (Å²) in [4.78, 5) is 2.12. The fourth-order valence-electron chi connectivity index (χ4n) is 4.47. The molecule has 0 spiro atoms. The Kier molecular flexibility index (Phi) is 7.38. The Balaban J connectivity index is 0.00000261. The van der Waals surface area contributed by atoms with Crippen molar-refractivity contribution in [2.45, 2.75) is 43.7 Å². The second-order valence-corrected chi connectivity index (χ2v) is 7.69. The van der Waals surface area contributed by atoms with Gasteiger partial charge in [0, 0.05) is 18.4 Å². The highest BCUT2D eigenvalue weighted by atomic mass is 35.5. The van der Waals surface area contributed by atoms with E-state index in [9.17, 15) is 13.9 Å². The lowest BCUT2D eigenvalue weighted by atomic mass is 9.67. The highest BCUT2D eigenvalue weighted by Crippen LogP contribution is 2.45. The molecule has 2 nitrogen and oxygen atoms in total. The third-order valence-corrected chi connectivity index (χ3v) is 5.65. The van der Waals surface area contributed by atoms with Gasteiger partial charge in [0.2, 0.25) is 0 Å². The highest BCUT2D eigenvalue weighted by molar-refractivity contribution is 5.85. The minimum Gasteiger partial charge on any atom is -0.389 e. The summed E-state index contributed by atoms with van der Waals surface area (Å²) in [5.41, 5.74) is 0.338. The van der Waals surface area contributed by atoms with Gasteiger partial charge in [-0.25, -0.2) is 8.78 Å². The molecule has 2 aromatic rings. The molecule has 3 rings (SSSR count). The topological polar surface area (TPSA) is 23.5 Å². The van der Waals surface area contributed by atoms with Crippen molar-refractivity contribution in [3.63, 3.8) is 0 Å². The Hall–Kier alpha value is -1.49. The van der Waals surface area contributed by atoms with Crippen LogP contribution in [0.1, 0.15) is 42.9 Å². The Morgan fingerprint density at radius 1 is 1.11 bits per heavy atom. The number of rotatable bonds is 5. The van der Waals surface area contributed by atoms with E-state index >= 15 is 0 Å². The van der Waals surface area contributed by atoms with Crippen molar-refractivity contribution in [2.24, 2.45) is 5.92 Å². The predicted octanol–water partition coefficient (Wildman–Crippen LogP) is 5.15. The lowest BCUT2D eigenvalue weighted by Gasteiger charge is -2.46. The van der Waals surface area contributed by atoms with Crippen LogP contribution in [0.3, 0.4) is 0 Å². The van der Waals surface area contributed by atoms with Gasteiger partial charge in [0.1, 0.15) is 11.6 Å². The van der Waals surface area contributed by atoms with Crippen molar-refractivity contribution in [3.8, 4) is 0 Å². The van der Waals surface area contributed by atoms with Crippen LogP contribution in [-0.2, 0) is 6.42 Å².